The number of carbonyl (C=O) groups excluding carboxylic acids is 1. The monoisotopic (exact) mass is 376 g/mol. The first-order valence-electron chi connectivity index (χ1n) is 9.50. The van der Waals surface area contributed by atoms with E-state index in [2.05, 4.69) is 27.8 Å². The zero-order valence-corrected chi connectivity index (χ0v) is 16.5. The van der Waals surface area contributed by atoms with Gasteiger partial charge in [-0.2, -0.15) is 0 Å². The van der Waals surface area contributed by atoms with E-state index in [1.165, 1.54) is 31.2 Å². The van der Waals surface area contributed by atoms with Crippen molar-refractivity contribution in [3.05, 3.63) is 34.9 Å². The number of hydrogen-bond donors (Lipinski definition) is 2. The summed E-state index contributed by atoms with van der Waals surface area (Å²) in [6.07, 6.45) is 7.15. The molecule has 0 unspecified atom stereocenters. The number of aliphatic imine (C=N–C) groups is 1. The Bertz CT molecular complexity index is 664. The Hall–Kier alpha value is -1.75. The molecule has 6 heteroatoms. The summed E-state index contributed by atoms with van der Waals surface area (Å²) >= 11 is 6.17. The average Bonchev–Trinajstić information content (AvgIpc) is 3.24. The number of nitrogens with one attached hydrogen (secondary N) is 2. The first-order chi connectivity index (χ1) is 12.5. The van der Waals surface area contributed by atoms with Crippen LogP contribution in [0.15, 0.2) is 29.3 Å². The van der Waals surface area contributed by atoms with Gasteiger partial charge in [0, 0.05) is 37.1 Å². The van der Waals surface area contributed by atoms with Crippen molar-refractivity contribution in [3.8, 4) is 0 Å². The van der Waals surface area contributed by atoms with Gasteiger partial charge in [0.05, 0.1) is 0 Å². The molecule has 2 N–H and O–H groups in total. The maximum Gasteiger partial charge on any atom is 0.243 e. The number of carbonyl (C=O) groups is 1. The zero-order chi connectivity index (χ0) is 18.6. The van der Waals surface area contributed by atoms with Crippen LogP contribution in [-0.4, -0.2) is 50.0 Å². The molecule has 0 aliphatic heterocycles. The van der Waals surface area contributed by atoms with E-state index in [0.717, 1.165) is 30.4 Å². The van der Waals surface area contributed by atoms with Crippen molar-refractivity contribution < 1.29 is 4.79 Å². The van der Waals surface area contributed by atoms with Crippen LogP contribution in [0.25, 0.3) is 0 Å². The van der Waals surface area contributed by atoms with E-state index in [1.807, 2.05) is 12.1 Å². The Kier molecular flexibility index (Phi) is 6.07. The molecule has 26 heavy (non-hydrogen) atoms. The predicted molar refractivity (Wildman–Crippen MR) is 107 cm³/mol. The first kappa shape index (κ1) is 19.0. The van der Waals surface area contributed by atoms with Gasteiger partial charge in [-0.3, -0.25) is 4.79 Å². The maximum absolute atomic E-state index is 11.9. The maximum atomic E-state index is 11.9. The number of nitrogens with zero attached hydrogens (tertiary/aromatic N) is 2. The summed E-state index contributed by atoms with van der Waals surface area (Å²) in [6, 6.07) is 8.59. The molecule has 2 fully saturated rings. The van der Waals surface area contributed by atoms with Gasteiger partial charge < -0.3 is 15.5 Å². The Morgan fingerprint density at radius 2 is 2.04 bits per heavy atom. The topological polar surface area (TPSA) is 56.7 Å². The standard InChI is InChI=1S/C20H29ClN4O/c1-25(2)18(26)13-22-19(24-17-8-3-4-9-17)23-14-20(10-11-20)15-6-5-7-16(21)12-15/h5-7,12,17H,3-4,8-11,13-14H2,1-2H3,(H2,22,23,24). The molecule has 5 nitrogen and oxygen atoms in total. The molecule has 3 rings (SSSR count). The fourth-order valence-corrected chi connectivity index (χ4v) is 3.68. The van der Waals surface area contributed by atoms with E-state index in [0.29, 0.717) is 6.04 Å². The minimum Gasteiger partial charge on any atom is -0.355 e. The lowest BCUT2D eigenvalue weighted by atomic mass is 9.96. The molecular formula is C20H29ClN4O. The normalized spacial score (nSPS) is 19.3. The molecule has 2 aliphatic carbocycles. The number of rotatable bonds is 6. The third-order valence-corrected chi connectivity index (χ3v) is 5.69. The highest BCUT2D eigenvalue weighted by Crippen LogP contribution is 2.48. The van der Waals surface area contributed by atoms with E-state index in [-0.39, 0.29) is 17.9 Å². The highest BCUT2D eigenvalue weighted by atomic mass is 35.5. The summed E-state index contributed by atoms with van der Waals surface area (Å²) in [5.74, 6) is 0.758. The molecule has 0 spiro atoms. The molecule has 1 amide bonds. The fraction of sp³-hybridized carbons (Fsp3) is 0.600. The van der Waals surface area contributed by atoms with Gasteiger partial charge in [0.15, 0.2) is 5.96 Å². The SMILES string of the molecule is CN(C)C(=O)CN=C(NCC1(c2cccc(Cl)c2)CC1)NC1CCCC1. The highest BCUT2D eigenvalue weighted by molar-refractivity contribution is 6.30. The Labute approximate surface area is 161 Å². The molecule has 0 saturated heterocycles. The number of hydrogen-bond acceptors (Lipinski definition) is 2. The van der Waals surface area contributed by atoms with Crippen LogP contribution in [0.3, 0.4) is 0 Å². The van der Waals surface area contributed by atoms with Crippen LogP contribution in [0.4, 0.5) is 0 Å². The molecule has 0 aromatic heterocycles. The van der Waals surface area contributed by atoms with Crippen LogP contribution >= 0.6 is 11.6 Å². The predicted octanol–water partition coefficient (Wildman–Crippen LogP) is 2.94. The molecule has 2 aliphatic rings. The van der Waals surface area contributed by atoms with Crippen LogP contribution in [0.5, 0.6) is 0 Å². The van der Waals surface area contributed by atoms with Gasteiger partial charge in [0.2, 0.25) is 5.91 Å². The van der Waals surface area contributed by atoms with Gasteiger partial charge in [-0.05, 0) is 43.4 Å². The molecular weight excluding hydrogens is 348 g/mol. The third kappa shape index (κ3) is 4.91. The van der Waals surface area contributed by atoms with Gasteiger partial charge in [0.1, 0.15) is 6.54 Å². The number of guanidine groups is 1. The van der Waals surface area contributed by atoms with E-state index in [1.54, 1.807) is 19.0 Å². The van der Waals surface area contributed by atoms with E-state index in [9.17, 15) is 4.79 Å². The Balaban J connectivity index is 1.64. The molecule has 0 bridgehead atoms. The molecule has 1 aromatic rings. The minimum atomic E-state index is 0.00787. The summed E-state index contributed by atoms with van der Waals surface area (Å²) in [7, 11) is 3.52. The van der Waals surface area contributed by atoms with Crippen molar-refractivity contribution >= 4 is 23.5 Å². The lowest BCUT2D eigenvalue weighted by Crippen LogP contribution is -2.45. The number of halogens is 1. The van der Waals surface area contributed by atoms with Gasteiger partial charge in [-0.15, -0.1) is 0 Å². The molecule has 0 heterocycles. The van der Waals surface area contributed by atoms with E-state index < -0.39 is 0 Å². The number of likely N-dealkylation sites (N-methyl/N-ethyl adjacent to an activating group) is 1. The van der Waals surface area contributed by atoms with Crippen molar-refractivity contribution in [3.63, 3.8) is 0 Å². The lowest BCUT2D eigenvalue weighted by molar-refractivity contribution is -0.127. The number of amides is 1. The second-order valence-corrected chi connectivity index (χ2v) is 8.16. The second-order valence-electron chi connectivity index (χ2n) is 7.72. The third-order valence-electron chi connectivity index (χ3n) is 5.45. The van der Waals surface area contributed by atoms with Crippen LogP contribution in [0, 0.1) is 0 Å². The van der Waals surface area contributed by atoms with E-state index >= 15 is 0 Å². The quantitative estimate of drug-likeness (QED) is 0.592. The fourth-order valence-electron chi connectivity index (χ4n) is 3.49. The summed E-state index contributed by atoms with van der Waals surface area (Å²) < 4.78 is 0. The Morgan fingerprint density at radius 3 is 2.65 bits per heavy atom. The summed E-state index contributed by atoms with van der Waals surface area (Å²) in [6.45, 7) is 0.973. The van der Waals surface area contributed by atoms with Crippen LogP contribution in [-0.2, 0) is 10.2 Å². The summed E-state index contributed by atoms with van der Waals surface area (Å²) in [4.78, 5) is 18.0. The van der Waals surface area contributed by atoms with E-state index in [4.69, 9.17) is 11.6 Å². The lowest BCUT2D eigenvalue weighted by Gasteiger charge is -2.22. The molecule has 0 radical (unpaired) electrons. The Morgan fingerprint density at radius 1 is 1.31 bits per heavy atom. The number of benzene rings is 1. The van der Waals surface area contributed by atoms with Crippen LogP contribution in [0.2, 0.25) is 5.02 Å². The van der Waals surface area contributed by atoms with Crippen LogP contribution in [0.1, 0.15) is 44.1 Å². The van der Waals surface area contributed by atoms with Crippen molar-refractivity contribution in [2.24, 2.45) is 4.99 Å². The molecule has 1 aromatic carbocycles. The molecule has 0 atom stereocenters. The van der Waals surface area contributed by atoms with Crippen LogP contribution < -0.4 is 10.6 Å². The average molecular weight is 377 g/mol. The second kappa shape index (κ2) is 8.30. The summed E-state index contributed by atoms with van der Waals surface area (Å²) in [5.41, 5.74) is 1.41. The van der Waals surface area contributed by atoms with Gasteiger partial charge in [0.25, 0.3) is 0 Å². The molecule has 142 valence electrons. The highest BCUT2D eigenvalue weighted by Gasteiger charge is 2.44. The largest absolute Gasteiger partial charge is 0.355 e. The van der Waals surface area contributed by atoms with Gasteiger partial charge in [-0.25, -0.2) is 4.99 Å². The van der Waals surface area contributed by atoms with Crippen molar-refractivity contribution in [2.45, 2.75) is 50.0 Å². The zero-order valence-electron chi connectivity index (χ0n) is 15.7. The van der Waals surface area contributed by atoms with Crippen molar-refractivity contribution in [1.29, 1.82) is 0 Å². The van der Waals surface area contributed by atoms with Crippen molar-refractivity contribution in [1.82, 2.24) is 15.5 Å². The first-order valence-corrected chi connectivity index (χ1v) is 9.87. The van der Waals surface area contributed by atoms with Gasteiger partial charge >= 0.3 is 0 Å². The minimum absolute atomic E-state index is 0.00787. The van der Waals surface area contributed by atoms with Gasteiger partial charge in [-0.1, -0.05) is 36.6 Å². The molecule has 2 saturated carbocycles. The summed E-state index contributed by atoms with van der Waals surface area (Å²) in [5, 5.41) is 7.78. The van der Waals surface area contributed by atoms with Crippen molar-refractivity contribution in [2.75, 3.05) is 27.2 Å². The smallest absolute Gasteiger partial charge is 0.243 e.